The Morgan fingerprint density at radius 2 is 1.82 bits per heavy atom. The summed E-state index contributed by atoms with van der Waals surface area (Å²) in [5, 5.41) is 12.0. The fourth-order valence-corrected chi connectivity index (χ4v) is 6.90. The lowest BCUT2D eigenvalue weighted by atomic mass is 9.92. The minimum Gasteiger partial charge on any atom is -0.487 e. The fraction of sp³-hybridized carbons (Fsp3) is 0.419. The van der Waals surface area contributed by atoms with Crippen LogP contribution in [0, 0.1) is 11.6 Å². The van der Waals surface area contributed by atoms with Gasteiger partial charge in [-0.05, 0) is 49.9 Å². The number of cyclic esters (lactones) is 1. The van der Waals surface area contributed by atoms with Gasteiger partial charge in [-0.25, -0.2) is 22.9 Å². The lowest BCUT2D eigenvalue weighted by Gasteiger charge is -2.42. The van der Waals surface area contributed by atoms with Crippen molar-refractivity contribution in [3.63, 3.8) is 0 Å². The average molecular weight is 707 g/mol. The topological polar surface area (TPSA) is 197 Å². The third-order valence-corrected chi connectivity index (χ3v) is 9.40. The molecule has 3 fully saturated rings. The van der Waals surface area contributed by atoms with E-state index in [1.165, 1.54) is 36.2 Å². The SMILES string of the molecule is CC(=O)NCC1CN(c2ccc(OCC3(OP(=O)(O)O)CCN(c4cc5c(cc4F)c(=O)c(C(=O)O)cn5C4CC4)CC3)c(F)c2)C(=O)O1. The van der Waals surface area contributed by atoms with Crippen molar-refractivity contribution in [3.8, 4) is 5.75 Å². The second-order valence-electron chi connectivity index (χ2n) is 12.3. The molecule has 0 radical (unpaired) electrons. The first-order chi connectivity index (χ1) is 23.1. The van der Waals surface area contributed by atoms with Crippen LogP contribution in [0.5, 0.6) is 5.75 Å². The van der Waals surface area contributed by atoms with E-state index in [4.69, 9.17) is 14.0 Å². The van der Waals surface area contributed by atoms with E-state index in [0.29, 0.717) is 5.52 Å². The number of piperidine rings is 1. The Bertz CT molecular complexity index is 1940. The number of nitrogens with one attached hydrogen (secondary N) is 1. The van der Waals surface area contributed by atoms with Gasteiger partial charge in [0.2, 0.25) is 11.3 Å². The molecule has 3 aliphatic rings. The first kappa shape index (κ1) is 34.3. The zero-order chi connectivity index (χ0) is 35.2. The van der Waals surface area contributed by atoms with Crippen LogP contribution in [-0.2, 0) is 18.6 Å². The van der Waals surface area contributed by atoms with Gasteiger partial charge in [0.05, 0.1) is 30.0 Å². The Morgan fingerprint density at radius 1 is 1.10 bits per heavy atom. The third-order valence-electron chi connectivity index (χ3n) is 8.77. The molecule has 1 aliphatic carbocycles. The van der Waals surface area contributed by atoms with Gasteiger partial charge in [0.25, 0.3) is 0 Å². The van der Waals surface area contributed by atoms with Gasteiger partial charge in [-0.2, -0.15) is 0 Å². The van der Waals surface area contributed by atoms with E-state index in [1.54, 1.807) is 9.47 Å². The molecule has 0 bridgehead atoms. The van der Waals surface area contributed by atoms with Crippen LogP contribution < -0.4 is 25.3 Å². The summed E-state index contributed by atoms with van der Waals surface area (Å²) in [6.07, 6.45) is 1.30. The van der Waals surface area contributed by atoms with Crippen LogP contribution in [0.3, 0.4) is 0 Å². The number of benzene rings is 2. The summed E-state index contributed by atoms with van der Waals surface area (Å²) in [5.41, 5.74) is -2.22. The standard InChI is InChI=1S/C31H33F2N4O11P/c1-17(38)34-13-20-14-37(30(42)47-20)19-4-5-27(24(33)10-19)46-16-31(48-49(43,44)45)6-8-35(9-7-31)26-12-25-21(11-23(26)32)28(39)22(29(40)41)15-36(25)18-2-3-18/h4-5,10-12,15,18,20H,2-3,6-9,13-14,16H2,1H3,(H,34,38)(H,40,41)(H2,43,44,45). The van der Waals surface area contributed by atoms with Crippen molar-refractivity contribution in [2.75, 3.05) is 42.6 Å². The number of phosphoric ester groups is 1. The number of hydrogen-bond acceptors (Lipinski definition) is 9. The maximum absolute atomic E-state index is 15.5. The van der Waals surface area contributed by atoms with E-state index in [9.17, 15) is 38.6 Å². The molecule has 2 aromatic carbocycles. The van der Waals surface area contributed by atoms with Gasteiger partial charge in [0.15, 0.2) is 11.6 Å². The molecule has 6 rings (SSSR count). The number of aromatic carboxylic acids is 1. The Hall–Kier alpha value is -4.57. The summed E-state index contributed by atoms with van der Waals surface area (Å²) in [4.78, 5) is 70.3. The summed E-state index contributed by atoms with van der Waals surface area (Å²) in [6, 6.07) is 6.14. The largest absolute Gasteiger partial charge is 0.487 e. The number of phosphoric acid groups is 1. The van der Waals surface area contributed by atoms with Crippen molar-refractivity contribution in [1.29, 1.82) is 0 Å². The van der Waals surface area contributed by atoms with Crippen molar-refractivity contribution in [2.45, 2.75) is 50.4 Å². The molecule has 2 aliphatic heterocycles. The molecule has 0 spiro atoms. The number of fused-ring (bicyclic) bond motifs is 1. The molecular formula is C31H33F2N4O11P. The van der Waals surface area contributed by atoms with Crippen molar-refractivity contribution in [2.24, 2.45) is 0 Å². The zero-order valence-corrected chi connectivity index (χ0v) is 27.0. The number of carboxylic acid groups (broad SMARTS) is 1. The Kier molecular flexibility index (Phi) is 9.13. The van der Waals surface area contributed by atoms with Crippen LogP contribution in [0.4, 0.5) is 25.0 Å². The number of carbonyl (C=O) groups is 3. The van der Waals surface area contributed by atoms with Crippen molar-refractivity contribution in [3.05, 3.63) is 63.9 Å². The second kappa shape index (κ2) is 13.0. The average Bonchev–Trinajstić information content (AvgIpc) is 3.80. The number of nitrogens with zero attached hydrogens (tertiary/aromatic N) is 3. The molecule has 2 amide bonds. The van der Waals surface area contributed by atoms with E-state index in [1.807, 2.05) is 0 Å². The van der Waals surface area contributed by atoms with Gasteiger partial charge in [-0.15, -0.1) is 0 Å². The van der Waals surface area contributed by atoms with Crippen LogP contribution in [-0.4, -0.2) is 81.9 Å². The highest BCUT2D eigenvalue weighted by molar-refractivity contribution is 7.46. The lowest BCUT2D eigenvalue weighted by molar-refractivity contribution is -0.119. The summed E-state index contributed by atoms with van der Waals surface area (Å²) in [7, 11) is -5.08. The molecule has 1 aromatic heterocycles. The van der Waals surface area contributed by atoms with Gasteiger partial charge in [0.1, 0.15) is 29.7 Å². The number of anilines is 2. The minimum atomic E-state index is -5.08. The zero-order valence-electron chi connectivity index (χ0n) is 26.1. The smallest absolute Gasteiger partial charge is 0.470 e. The highest BCUT2D eigenvalue weighted by Gasteiger charge is 2.43. The maximum atomic E-state index is 15.5. The third kappa shape index (κ3) is 7.39. The molecule has 2 saturated heterocycles. The monoisotopic (exact) mass is 706 g/mol. The van der Waals surface area contributed by atoms with Gasteiger partial charge < -0.3 is 39.2 Å². The minimum absolute atomic E-state index is 0.0325. The predicted molar refractivity (Wildman–Crippen MR) is 169 cm³/mol. The van der Waals surface area contributed by atoms with Gasteiger partial charge in [-0.3, -0.25) is 19.0 Å². The van der Waals surface area contributed by atoms with Crippen LogP contribution in [0.15, 0.2) is 41.3 Å². The van der Waals surface area contributed by atoms with Crippen LogP contribution in [0.1, 0.15) is 49.0 Å². The van der Waals surface area contributed by atoms with Crippen LogP contribution >= 0.6 is 7.82 Å². The van der Waals surface area contributed by atoms with E-state index in [-0.39, 0.29) is 73.5 Å². The fourth-order valence-electron chi connectivity index (χ4n) is 6.16. The number of carboxylic acids is 1. The van der Waals surface area contributed by atoms with Gasteiger partial charge in [0, 0.05) is 43.7 Å². The summed E-state index contributed by atoms with van der Waals surface area (Å²) in [6.45, 7) is 1.06. The normalized spacial score (nSPS) is 19.2. The Morgan fingerprint density at radius 3 is 2.43 bits per heavy atom. The molecule has 15 nitrogen and oxygen atoms in total. The van der Waals surface area contributed by atoms with Gasteiger partial charge >= 0.3 is 19.9 Å². The van der Waals surface area contributed by atoms with Crippen LogP contribution in [0.25, 0.3) is 10.9 Å². The summed E-state index contributed by atoms with van der Waals surface area (Å²) >= 11 is 0. The number of aromatic nitrogens is 1. The summed E-state index contributed by atoms with van der Waals surface area (Å²) in [5.74, 6) is -3.63. The molecule has 49 heavy (non-hydrogen) atoms. The van der Waals surface area contributed by atoms with E-state index in [2.05, 4.69) is 5.32 Å². The van der Waals surface area contributed by atoms with Crippen molar-refractivity contribution >= 4 is 48.1 Å². The van der Waals surface area contributed by atoms with Crippen LogP contribution in [0.2, 0.25) is 0 Å². The van der Waals surface area contributed by atoms with E-state index in [0.717, 1.165) is 25.0 Å². The molecule has 262 valence electrons. The predicted octanol–water partition coefficient (Wildman–Crippen LogP) is 3.30. The van der Waals surface area contributed by atoms with Crippen molar-refractivity contribution < 1.29 is 56.6 Å². The molecule has 18 heteroatoms. The summed E-state index contributed by atoms with van der Waals surface area (Å²) < 4.78 is 60.4. The Balaban J connectivity index is 1.18. The number of rotatable bonds is 11. The lowest BCUT2D eigenvalue weighted by Crippen LogP contribution is -2.49. The Labute approximate surface area is 277 Å². The number of hydrogen-bond donors (Lipinski definition) is 4. The van der Waals surface area contributed by atoms with Gasteiger partial charge in [-0.1, -0.05) is 0 Å². The number of pyridine rings is 1. The van der Waals surface area contributed by atoms with E-state index < -0.39 is 60.8 Å². The quantitative estimate of drug-likeness (QED) is 0.213. The molecular weight excluding hydrogens is 673 g/mol. The maximum Gasteiger partial charge on any atom is 0.470 e. The number of amides is 2. The molecule has 1 atom stereocenters. The molecule has 1 saturated carbocycles. The highest BCUT2D eigenvalue weighted by atomic mass is 31.2. The van der Waals surface area contributed by atoms with E-state index >= 15 is 8.78 Å². The molecule has 3 aromatic rings. The van der Waals surface area contributed by atoms with Crippen molar-refractivity contribution in [1.82, 2.24) is 9.88 Å². The second-order valence-corrected chi connectivity index (χ2v) is 13.5. The number of halogens is 2. The highest BCUT2D eigenvalue weighted by Crippen LogP contribution is 2.46. The first-order valence-corrected chi connectivity index (χ1v) is 16.9. The first-order valence-electron chi connectivity index (χ1n) is 15.4. The molecule has 3 heterocycles. The molecule has 1 unspecified atom stereocenters. The number of carbonyl (C=O) groups excluding carboxylic acids is 2. The molecule has 4 N–H and O–H groups in total. The number of ether oxygens (including phenoxy) is 2.